The van der Waals surface area contributed by atoms with Crippen molar-refractivity contribution in [1.82, 2.24) is 5.32 Å². The Morgan fingerprint density at radius 1 is 1.32 bits per heavy atom. The van der Waals surface area contributed by atoms with Gasteiger partial charge in [0, 0.05) is 30.6 Å². The quantitative estimate of drug-likeness (QED) is 0.816. The lowest BCUT2D eigenvalue weighted by Gasteiger charge is -2.20. The SMILES string of the molecule is O=C(CC1CNc2ccccc21)NC1CC=CCC1. The van der Waals surface area contributed by atoms with Crippen molar-refractivity contribution in [2.75, 3.05) is 11.9 Å². The highest BCUT2D eigenvalue weighted by atomic mass is 16.1. The van der Waals surface area contributed by atoms with E-state index >= 15 is 0 Å². The van der Waals surface area contributed by atoms with E-state index in [0.29, 0.717) is 18.4 Å². The van der Waals surface area contributed by atoms with Crippen molar-refractivity contribution in [3.8, 4) is 0 Å². The van der Waals surface area contributed by atoms with Crippen molar-refractivity contribution in [1.29, 1.82) is 0 Å². The van der Waals surface area contributed by atoms with Crippen LogP contribution in [-0.4, -0.2) is 18.5 Å². The van der Waals surface area contributed by atoms with Gasteiger partial charge in [0.1, 0.15) is 0 Å². The first-order chi connectivity index (χ1) is 9.33. The minimum atomic E-state index is 0.184. The smallest absolute Gasteiger partial charge is 0.220 e. The van der Waals surface area contributed by atoms with E-state index < -0.39 is 0 Å². The van der Waals surface area contributed by atoms with Crippen molar-refractivity contribution in [2.45, 2.75) is 37.6 Å². The number of hydrogen-bond donors (Lipinski definition) is 2. The molecule has 3 nitrogen and oxygen atoms in total. The van der Waals surface area contributed by atoms with Gasteiger partial charge in [-0.3, -0.25) is 4.79 Å². The molecule has 0 bridgehead atoms. The van der Waals surface area contributed by atoms with Crippen LogP contribution in [0.1, 0.15) is 37.2 Å². The maximum absolute atomic E-state index is 12.1. The fourth-order valence-corrected chi connectivity index (χ4v) is 2.97. The number of carbonyl (C=O) groups is 1. The number of fused-ring (bicyclic) bond motifs is 1. The van der Waals surface area contributed by atoms with Crippen LogP contribution in [0.3, 0.4) is 0 Å². The molecule has 2 atom stereocenters. The summed E-state index contributed by atoms with van der Waals surface area (Å²) < 4.78 is 0. The summed E-state index contributed by atoms with van der Waals surface area (Å²) in [5.41, 5.74) is 2.46. The topological polar surface area (TPSA) is 41.1 Å². The molecule has 0 spiro atoms. The first kappa shape index (κ1) is 12.3. The standard InChI is InChI=1S/C16H20N2O/c19-16(18-13-6-2-1-3-7-13)10-12-11-17-15-9-5-4-8-14(12)15/h1-2,4-5,8-9,12-13,17H,3,6-7,10-11H2,(H,18,19). The van der Waals surface area contributed by atoms with Gasteiger partial charge in [-0.2, -0.15) is 0 Å². The van der Waals surface area contributed by atoms with Gasteiger partial charge < -0.3 is 10.6 Å². The van der Waals surface area contributed by atoms with Crippen LogP contribution in [0.15, 0.2) is 36.4 Å². The second kappa shape index (κ2) is 5.47. The molecule has 2 N–H and O–H groups in total. The normalized spacial score (nSPS) is 24.6. The van der Waals surface area contributed by atoms with Crippen LogP contribution in [-0.2, 0) is 4.79 Å². The zero-order valence-electron chi connectivity index (χ0n) is 11.1. The van der Waals surface area contributed by atoms with Crippen molar-refractivity contribution in [3.05, 3.63) is 42.0 Å². The predicted octanol–water partition coefficient (Wildman–Crippen LogP) is 2.81. The fraction of sp³-hybridized carbons (Fsp3) is 0.438. The monoisotopic (exact) mass is 256 g/mol. The summed E-state index contributed by atoms with van der Waals surface area (Å²) in [6.07, 6.45) is 8.08. The number of amides is 1. The third kappa shape index (κ3) is 2.80. The second-order valence-corrected chi connectivity index (χ2v) is 5.42. The molecule has 0 aromatic heterocycles. The minimum Gasteiger partial charge on any atom is -0.384 e. The van der Waals surface area contributed by atoms with Gasteiger partial charge in [0.15, 0.2) is 0 Å². The number of rotatable bonds is 3. The lowest BCUT2D eigenvalue weighted by atomic mass is 9.96. The average molecular weight is 256 g/mol. The molecule has 1 aromatic carbocycles. The van der Waals surface area contributed by atoms with Crippen LogP contribution in [0.25, 0.3) is 0 Å². The van der Waals surface area contributed by atoms with E-state index in [0.717, 1.165) is 25.8 Å². The number of nitrogens with one attached hydrogen (secondary N) is 2. The highest BCUT2D eigenvalue weighted by Crippen LogP contribution is 2.33. The predicted molar refractivity (Wildman–Crippen MR) is 77.2 cm³/mol. The lowest BCUT2D eigenvalue weighted by Crippen LogP contribution is -2.36. The van der Waals surface area contributed by atoms with Gasteiger partial charge in [0.05, 0.1) is 0 Å². The Morgan fingerprint density at radius 3 is 3.05 bits per heavy atom. The van der Waals surface area contributed by atoms with Crippen molar-refractivity contribution < 1.29 is 4.79 Å². The van der Waals surface area contributed by atoms with Crippen LogP contribution in [0.4, 0.5) is 5.69 Å². The maximum atomic E-state index is 12.1. The molecule has 2 aliphatic rings. The van der Waals surface area contributed by atoms with E-state index in [2.05, 4.69) is 34.9 Å². The second-order valence-electron chi connectivity index (χ2n) is 5.42. The first-order valence-corrected chi connectivity index (χ1v) is 7.10. The molecule has 1 aliphatic heterocycles. The number of anilines is 1. The Labute approximate surface area is 114 Å². The summed E-state index contributed by atoms with van der Waals surface area (Å²) in [6.45, 7) is 0.872. The molecule has 0 saturated carbocycles. The molecule has 19 heavy (non-hydrogen) atoms. The van der Waals surface area contributed by atoms with E-state index in [1.54, 1.807) is 0 Å². The van der Waals surface area contributed by atoms with Crippen molar-refractivity contribution in [2.24, 2.45) is 0 Å². The van der Waals surface area contributed by atoms with Crippen molar-refractivity contribution in [3.63, 3.8) is 0 Å². The van der Waals surface area contributed by atoms with E-state index in [9.17, 15) is 4.79 Å². The van der Waals surface area contributed by atoms with Gasteiger partial charge in [-0.25, -0.2) is 0 Å². The number of hydrogen-bond acceptors (Lipinski definition) is 2. The van der Waals surface area contributed by atoms with Crippen LogP contribution in [0.5, 0.6) is 0 Å². The third-order valence-electron chi connectivity index (χ3n) is 4.01. The van der Waals surface area contributed by atoms with E-state index in [1.165, 1.54) is 11.3 Å². The Balaban J connectivity index is 1.57. The first-order valence-electron chi connectivity index (χ1n) is 7.10. The molecule has 3 heteroatoms. The molecule has 2 unspecified atom stereocenters. The van der Waals surface area contributed by atoms with Crippen LogP contribution in [0.2, 0.25) is 0 Å². The number of para-hydroxylation sites is 1. The summed E-state index contributed by atoms with van der Waals surface area (Å²) in [6, 6.07) is 8.61. The Morgan fingerprint density at radius 2 is 2.21 bits per heavy atom. The third-order valence-corrected chi connectivity index (χ3v) is 4.01. The zero-order valence-corrected chi connectivity index (χ0v) is 11.1. The molecular formula is C16H20N2O. The zero-order chi connectivity index (χ0) is 13.1. The Bertz CT molecular complexity index is 495. The highest BCUT2D eigenvalue weighted by Gasteiger charge is 2.24. The van der Waals surface area contributed by atoms with Gasteiger partial charge in [-0.15, -0.1) is 0 Å². The number of benzene rings is 1. The van der Waals surface area contributed by atoms with Gasteiger partial charge in [0.2, 0.25) is 5.91 Å². The van der Waals surface area contributed by atoms with Gasteiger partial charge in [0.25, 0.3) is 0 Å². The average Bonchev–Trinajstić information content (AvgIpc) is 2.83. The van der Waals surface area contributed by atoms with E-state index in [-0.39, 0.29) is 5.91 Å². The summed E-state index contributed by atoms with van der Waals surface area (Å²) in [5.74, 6) is 0.499. The molecule has 100 valence electrons. The summed E-state index contributed by atoms with van der Waals surface area (Å²) in [7, 11) is 0. The van der Waals surface area contributed by atoms with E-state index in [1.807, 2.05) is 12.1 Å². The number of allylic oxidation sites excluding steroid dienone is 1. The van der Waals surface area contributed by atoms with Crippen LogP contribution < -0.4 is 10.6 Å². The number of carbonyl (C=O) groups excluding carboxylic acids is 1. The molecule has 1 amide bonds. The molecule has 1 heterocycles. The summed E-state index contributed by atoms with van der Waals surface area (Å²) in [4.78, 5) is 12.1. The van der Waals surface area contributed by atoms with Gasteiger partial charge >= 0.3 is 0 Å². The van der Waals surface area contributed by atoms with Crippen LogP contribution >= 0.6 is 0 Å². The fourth-order valence-electron chi connectivity index (χ4n) is 2.97. The molecule has 3 rings (SSSR count). The molecule has 0 fully saturated rings. The van der Waals surface area contributed by atoms with Gasteiger partial charge in [-0.05, 0) is 30.9 Å². The van der Waals surface area contributed by atoms with Crippen LogP contribution in [0, 0.1) is 0 Å². The molecule has 0 radical (unpaired) electrons. The molecule has 1 aliphatic carbocycles. The summed E-state index contributed by atoms with van der Waals surface area (Å²) in [5, 5.41) is 6.53. The minimum absolute atomic E-state index is 0.184. The highest BCUT2D eigenvalue weighted by molar-refractivity contribution is 5.78. The molecule has 0 saturated heterocycles. The Hall–Kier alpha value is -1.77. The molecular weight excluding hydrogens is 236 g/mol. The summed E-state index contributed by atoms with van der Waals surface area (Å²) >= 11 is 0. The van der Waals surface area contributed by atoms with E-state index in [4.69, 9.17) is 0 Å². The Kier molecular flexibility index (Phi) is 3.53. The lowest BCUT2D eigenvalue weighted by molar-refractivity contribution is -0.122. The maximum Gasteiger partial charge on any atom is 0.220 e. The largest absolute Gasteiger partial charge is 0.384 e. The van der Waals surface area contributed by atoms with Gasteiger partial charge in [-0.1, -0.05) is 30.4 Å². The van der Waals surface area contributed by atoms with Crippen molar-refractivity contribution >= 4 is 11.6 Å². The molecule has 1 aromatic rings.